The number of nitrogens with zero attached hydrogens (tertiary/aromatic N) is 3. The summed E-state index contributed by atoms with van der Waals surface area (Å²) in [6.45, 7) is 0.560. The van der Waals surface area contributed by atoms with Gasteiger partial charge in [-0.25, -0.2) is 0 Å². The van der Waals surface area contributed by atoms with E-state index in [9.17, 15) is 4.91 Å². The van der Waals surface area contributed by atoms with Crippen LogP contribution in [-0.2, 0) is 0 Å². The van der Waals surface area contributed by atoms with Crippen LogP contribution in [0.3, 0.4) is 0 Å². The third-order valence-corrected chi connectivity index (χ3v) is 2.30. The highest BCUT2D eigenvalue weighted by Crippen LogP contribution is 2.17. The van der Waals surface area contributed by atoms with Gasteiger partial charge in [-0.2, -0.15) is 5.10 Å². The lowest BCUT2D eigenvalue weighted by Gasteiger charge is -2.01. The Kier molecular flexibility index (Phi) is 2.62. The Morgan fingerprint density at radius 2 is 2.13 bits per heavy atom. The number of methoxy groups -OCH3 is 1. The molecule has 0 atom stereocenters. The minimum Gasteiger partial charge on any atom is -0.497 e. The Bertz CT molecular complexity index is 386. The monoisotopic (exact) mass is 205 g/mol. The molecule has 1 aromatic carbocycles. The summed E-state index contributed by atoms with van der Waals surface area (Å²) >= 11 is 0. The zero-order valence-electron chi connectivity index (χ0n) is 8.38. The first-order valence-corrected chi connectivity index (χ1v) is 4.66. The largest absolute Gasteiger partial charge is 0.497 e. The van der Waals surface area contributed by atoms with E-state index < -0.39 is 0 Å². The highest BCUT2D eigenvalue weighted by atomic mass is 16.5. The summed E-state index contributed by atoms with van der Waals surface area (Å²) in [6, 6.07) is 7.58. The molecule has 2 rings (SSSR count). The smallest absolute Gasteiger partial charge is 0.118 e. The van der Waals surface area contributed by atoms with Crippen molar-refractivity contribution in [3.8, 4) is 5.75 Å². The fourth-order valence-corrected chi connectivity index (χ4v) is 1.49. The summed E-state index contributed by atoms with van der Waals surface area (Å²) in [5, 5.41) is 8.00. The molecule has 0 saturated heterocycles. The Morgan fingerprint density at radius 1 is 1.40 bits per heavy atom. The lowest BCUT2D eigenvalue weighted by molar-refractivity contribution is 0.332. The van der Waals surface area contributed by atoms with Crippen molar-refractivity contribution in [1.29, 1.82) is 0 Å². The lowest BCUT2D eigenvalue weighted by Crippen LogP contribution is -2.02. The summed E-state index contributed by atoms with van der Waals surface area (Å²) in [7, 11) is 1.63. The third kappa shape index (κ3) is 1.96. The molecule has 5 heteroatoms. The zero-order valence-corrected chi connectivity index (χ0v) is 8.38. The Labute approximate surface area is 87.3 Å². The number of ether oxygens (including phenoxy) is 1. The standard InChI is InChI=1S/C10H11N3O2/c1-15-9-4-2-8(3-5-9)10-6-7-13(11-10)12-14/h2-5H,6-7H2,1H3. The topological polar surface area (TPSA) is 54.3 Å². The lowest BCUT2D eigenvalue weighted by atomic mass is 10.1. The van der Waals surface area contributed by atoms with E-state index >= 15 is 0 Å². The van der Waals surface area contributed by atoms with E-state index in [0.29, 0.717) is 6.54 Å². The normalized spacial score (nSPS) is 15.0. The van der Waals surface area contributed by atoms with Gasteiger partial charge in [0, 0.05) is 6.42 Å². The van der Waals surface area contributed by atoms with Crippen LogP contribution in [0.4, 0.5) is 0 Å². The minimum absolute atomic E-state index is 0.560. The molecule has 78 valence electrons. The van der Waals surface area contributed by atoms with Crippen LogP contribution in [0.15, 0.2) is 34.7 Å². The van der Waals surface area contributed by atoms with Crippen molar-refractivity contribution in [3.05, 3.63) is 34.7 Å². The van der Waals surface area contributed by atoms with Gasteiger partial charge in [0.05, 0.1) is 24.7 Å². The van der Waals surface area contributed by atoms with Crippen molar-refractivity contribution < 1.29 is 4.74 Å². The first-order valence-electron chi connectivity index (χ1n) is 4.66. The third-order valence-electron chi connectivity index (χ3n) is 2.30. The van der Waals surface area contributed by atoms with Crippen LogP contribution < -0.4 is 4.74 Å². The molecule has 0 fully saturated rings. The van der Waals surface area contributed by atoms with Gasteiger partial charge in [-0.05, 0) is 29.8 Å². The number of nitroso groups, excluding NO2 is 1. The molecule has 1 heterocycles. The molecular weight excluding hydrogens is 194 g/mol. The van der Waals surface area contributed by atoms with Gasteiger partial charge in [0.1, 0.15) is 5.75 Å². The number of hydrogen-bond donors (Lipinski definition) is 0. The van der Waals surface area contributed by atoms with E-state index in [4.69, 9.17) is 4.74 Å². The first-order chi connectivity index (χ1) is 7.33. The molecule has 5 nitrogen and oxygen atoms in total. The molecule has 0 radical (unpaired) electrons. The first kappa shape index (κ1) is 9.64. The molecule has 0 spiro atoms. The summed E-state index contributed by atoms with van der Waals surface area (Å²) in [5.74, 6) is 0.808. The van der Waals surface area contributed by atoms with Crippen LogP contribution in [0, 0.1) is 4.91 Å². The van der Waals surface area contributed by atoms with Crippen LogP contribution in [0.1, 0.15) is 12.0 Å². The Balaban J connectivity index is 2.20. The van der Waals surface area contributed by atoms with Crippen molar-refractivity contribution in [2.75, 3.05) is 13.7 Å². The minimum atomic E-state index is 0.560. The Hall–Kier alpha value is -1.91. The second-order valence-corrected chi connectivity index (χ2v) is 3.20. The molecule has 0 amide bonds. The van der Waals surface area contributed by atoms with E-state index in [-0.39, 0.29) is 0 Å². The van der Waals surface area contributed by atoms with E-state index in [0.717, 1.165) is 23.4 Å². The van der Waals surface area contributed by atoms with Gasteiger partial charge in [0.2, 0.25) is 0 Å². The summed E-state index contributed by atoms with van der Waals surface area (Å²) in [4.78, 5) is 10.2. The van der Waals surface area contributed by atoms with Crippen molar-refractivity contribution in [2.45, 2.75) is 6.42 Å². The Morgan fingerprint density at radius 3 is 2.67 bits per heavy atom. The highest BCUT2D eigenvalue weighted by molar-refractivity contribution is 6.01. The molecule has 1 aromatic rings. The van der Waals surface area contributed by atoms with Gasteiger partial charge in [0.15, 0.2) is 0 Å². The van der Waals surface area contributed by atoms with E-state index in [1.54, 1.807) is 7.11 Å². The van der Waals surface area contributed by atoms with Crippen LogP contribution >= 0.6 is 0 Å². The second kappa shape index (κ2) is 4.08. The maximum Gasteiger partial charge on any atom is 0.118 e. The quantitative estimate of drug-likeness (QED) is 0.707. The SMILES string of the molecule is COc1ccc(C2=NN(N=O)CC2)cc1. The maximum atomic E-state index is 10.2. The number of benzene rings is 1. The van der Waals surface area contributed by atoms with Gasteiger partial charge in [-0.15, -0.1) is 10.0 Å². The van der Waals surface area contributed by atoms with Crippen LogP contribution in [0.2, 0.25) is 0 Å². The summed E-state index contributed by atoms with van der Waals surface area (Å²) in [5.41, 5.74) is 1.89. The predicted octanol–water partition coefficient (Wildman–Crippen LogP) is 1.79. The van der Waals surface area contributed by atoms with E-state index in [1.807, 2.05) is 24.3 Å². The molecule has 0 saturated carbocycles. The van der Waals surface area contributed by atoms with Gasteiger partial charge >= 0.3 is 0 Å². The maximum absolute atomic E-state index is 10.2. The van der Waals surface area contributed by atoms with Crippen LogP contribution in [0.5, 0.6) is 5.75 Å². The summed E-state index contributed by atoms with van der Waals surface area (Å²) < 4.78 is 5.06. The molecule has 0 aliphatic carbocycles. The molecule has 1 aliphatic heterocycles. The van der Waals surface area contributed by atoms with Crippen LogP contribution in [-0.4, -0.2) is 24.5 Å². The van der Waals surface area contributed by atoms with Crippen molar-refractivity contribution in [1.82, 2.24) is 5.12 Å². The van der Waals surface area contributed by atoms with E-state index in [2.05, 4.69) is 10.4 Å². The molecule has 0 unspecified atom stereocenters. The van der Waals surface area contributed by atoms with Gasteiger partial charge in [-0.1, -0.05) is 0 Å². The highest BCUT2D eigenvalue weighted by Gasteiger charge is 2.15. The average molecular weight is 205 g/mol. The van der Waals surface area contributed by atoms with E-state index in [1.165, 1.54) is 5.12 Å². The molecular formula is C10H11N3O2. The number of rotatable bonds is 3. The van der Waals surface area contributed by atoms with Crippen molar-refractivity contribution >= 4 is 5.71 Å². The molecule has 0 N–H and O–H groups in total. The second-order valence-electron chi connectivity index (χ2n) is 3.20. The predicted molar refractivity (Wildman–Crippen MR) is 56.6 cm³/mol. The number of hydrazone groups is 1. The van der Waals surface area contributed by atoms with Gasteiger partial charge < -0.3 is 4.74 Å². The van der Waals surface area contributed by atoms with Gasteiger partial charge in [-0.3, -0.25) is 0 Å². The zero-order chi connectivity index (χ0) is 10.7. The number of hydrogen-bond acceptors (Lipinski definition) is 4. The molecule has 0 bridgehead atoms. The molecule has 0 aromatic heterocycles. The fraction of sp³-hybridized carbons (Fsp3) is 0.300. The van der Waals surface area contributed by atoms with Crippen LogP contribution in [0.25, 0.3) is 0 Å². The van der Waals surface area contributed by atoms with Crippen molar-refractivity contribution in [2.24, 2.45) is 10.4 Å². The fourth-order valence-electron chi connectivity index (χ4n) is 1.49. The molecule has 15 heavy (non-hydrogen) atoms. The molecule has 1 aliphatic rings. The summed E-state index contributed by atoms with van der Waals surface area (Å²) in [6.07, 6.45) is 0.748. The average Bonchev–Trinajstić information content (AvgIpc) is 2.78. The van der Waals surface area contributed by atoms with Crippen molar-refractivity contribution in [3.63, 3.8) is 0 Å². The van der Waals surface area contributed by atoms with Gasteiger partial charge in [0.25, 0.3) is 0 Å².